The molecule has 46 heavy (non-hydrogen) atoms. The number of halogens is 2. The summed E-state index contributed by atoms with van der Waals surface area (Å²) in [6.07, 6.45) is 10.6. The molecule has 4 heterocycles. The standard InChI is InChI=1S/C29H37ClN4O2.C7H7F.CH4O/c1-21(35)32-13-6-22(7-14-32)18-23-8-15-33(16-9-23)26-2-3-27(28(30)19-26)29(36)34-17-10-25(20-34)24-4-11-31-12-5-24;8-6-7-4-2-1-3-5-7;1-2/h2-5,11-12,19,22-23,25H,6-10,13-18,20H2,1H3;1-5H,6H2;2H,1H3. The third-order valence-corrected chi connectivity index (χ3v) is 9.85. The Balaban J connectivity index is 0.000000415. The average molecular weight is 651 g/mol. The number of carbonyl (C=O) groups excluding carboxylic acids is 2. The van der Waals surface area contributed by atoms with E-state index in [-0.39, 0.29) is 18.5 Å². The molecule has 3 saturated heterocycles. The quantitative estimate of drug-likeness (QED) is 0.311. The molecular weight excluding hydrogens is 603 g/mol. The van der Waals surface area contributed by atoms with Crippen LogP contribution < -0.4 is 4.90 Å². The number of pyridine rings is 1. The summed E-state index contributed by atoms with van der Waals surface area (Å²) < 4.78 is 11.7. The largest absolute Gasteiger partial charge is 0.400 e. The van der Waals surface area contributed by atoms with Gasteiger partial charge >= 0.3 is 0 Å². The van der Waals surface area contributed by atoms with Gasteiger partial charge in [-0.25, -0.2) is 4.39 Å². The van der Waals surface area contributed by atoms with Crippen molar-refractivity contribution in [2.24, 2.45) is 11.8 Å². The van der Waals surface area contributed by atoms with Gasteiger partial charge in [0.1, 0.15) is 6.67 Å². The fraction of sp³-hybridized carbons (Fsp3) is 0.486. The van der Waals surface area contributed by atoms with Crippen molar-refractivity contribution in [1.29, 1.82) is 0 Å². The Morgan fingerprint density at radius 1 is 0.848 bits per heavy atom. The van der Waals surface area contributed by atoms with Crippen molar-refractivity contribution in [3.8, 4) is 0 Å². The fourth-order valence-corrected chi connectivity index (χ4v) is 7.10. The number of amides is 2. The molecule has 6 rings (SSSR count). The zero-order valence-electron chi connectivity index (χ0n) is 27.2. The number of piperidine rings is 2. The van der Waals surface area contributed by atoms with Gasteiger partial charge in [-0.3, -0.25) is 14.6 Å². The Labute approximate surface area is 278 Å². The highest BCUT2D eigenvalue weighted by molar-refractivity contribution is 6.34. The number of rotatable bonds is 6. The molecule has 3 aliphatic heterocycles. The fourth-order valence-electron chi connectivity index (χ4n) is 6.85. The van der Waals surface area contributed by atoms with Crippen LogP contribution in [0.25, 0.3) is 0 Å². The predicted octanol–water partition coefficient (Wildman–Crippen LogP) is 6.99. The van der Waals surface area contributed by atoms with Crippen LogP contribution in [0.2, 0.25) is 5.02 Å². The van der Waals surface area contributed by atoms with E-state index < -0.39 is 0 Å². The van der Waals surface area contributed by atoms with Gasteiger partial charge in [0.15, 0.2) is 0 Å². The molecule has 3 aromatic rings. The van der Waals surface area contributed by atoms with Crippen LogP contribution in [0.1, 0.15) is 72.9 Å². The first kappa shape index (κ1) is 35.4. The topological polar surface area (TPSA) is 77.0 Å². The van der Waals surface area contributed by atoms with Gasteiger partial charge in [-0.05, 0) is 91.8 Å². The van der Waals surface area contributed by atoms with Crippen molar-refractivity contribution in [2.75, 3.05) is 51.3 Å². The molecule has 0 bridgehead atoms. The average Bonchev–Trinajstić information content (AvgIpc) is 3.61. The molecule has 3 fully saturated rings. The van der Waals surface area contributed by atoms with E-state index in [9.17, 15) is 14.0 Å². The van der Waals surface area contributed by atoms with Gasteiger partial charge in [-0.2, -0.15) is 0 Å². The predicted molar refractivity (Wildman–Crippen MR) is 183 cm³/mol. The monoisotopic (exact) mass is 650 g/mol. The Morgan fingerprint density at radius 3 is 2.02 bits per heavy atom. The third-order valence-electron chi connectivity index (χ3n) is 9.54. The summed E-state index contributed by atoms with van der Waals surface area (Å²) in [7, 11) is 1.00. The number of hydrogen-bond donors (Lipinski definition) is 1. The van der Waals surface area contributed by atoms with E-state index in [0.717, 1.165) is 88.7 Å². The molecule has 1 N–H and O–H groups in total. The van der Waals surface area contributed by atoms with Crippen molar-refractivity contribution in [2.45, 2.75) is 58.0 Å². The summed E-state index contributed by atoms with van der Waals surface area (Å²) in [6, 6.07) is 19.1. The highest BCUT2D eigenvalue weighted by Crippen LogP contribution is 2.34. The molecule has 2 amide bonds. The maximum Gasteiger partial charge on any atom is 0.255 e. The van der Waals surface area contributed by atoms with E-state index >= 15 is 0 Å². The van der Waals surface area contributed by atoms with E-state index in [1.165, 1.54) is 24.8 Å². The molecule has 2 aromatic carbocycles. The van der Waals surface area contributed by atoms with Crippen molar-refractivity contribution in [3.63, 3.8) is 0 Å². The van der Waals surface area contributed by atoms with Crippen LogP contribution in [0.15, 0.2) is 73.1 Å². The second kappa shape index (κ2) is 18.0. The van der Waals surface area contributed by atoms with Crippen LogP contribution in [-0.4, -0.2) is 78.1 Å². The number of benzene rings is 2. The molecule has 3 aliphatic rings. The van der Waals surface area contributed by atoms with Crippen LogP contribution in [0.5, 0.6) is 0 Å². The number of nitrogens with zero attached hydrogens (tertiary/aromatic N) is 4. The molecule has 1 aromatic heterocycles. The zero-order valence-corrected chi connectivity index (χ0v) is 27.9. The van der Waals surface area contributed by atoms with Crippen LogP contribution in [0, 0.1) is 11.8 Å². The summed E-state index contributed by atoms with van der Waals surface area (Å²) >= 11 is 6.66. The number of hydrogen-bond acceptors (Lipinski definition) is 5. The first-order valence-corrected chi connectivity index (χ1v) is 16.8. The SMILES string of the molecule is CC(=O)N1CCC(CC2CCN(c3ccc(C(=O)N4CCC(c5ccncc5)C4)c(Cl)c3)CC2)CC1.CO.FCc1ccccc1. The van der Waals surface area contributed by atoms with E-state index in [4.69, 9.17) is 16.7 Å². The molecular formula is C37H48ClFN4O3. The van der Waals surface area contributed by atoms with Crippen LogP contribution in [0.4, 0.5) is 10.1 Å². The minimum Gasteiger partial charge on any atom is -0.400 e. The number of anilines is 1. The lowest BCUT2D eigenvalue weighted by atomic mass is 9.82. The van der Waals surface area contributed by atoms with Gasteiger partial charge in [0.05, 0.1) is 10.6 Å². The van der Waals surface area contributed by atoms with E-state index in [2.05, 4.69) is 16.0 Å². The van der Waals surface area contributed by atoms with Gasteiger partial charge in [-0.1, -0.05) is 41.9 Å². The van der Waals surface area contributed by atoms with Gasteiger partial charge in [-0.15, -0.1) is 0 Å². The molecule has 7 nitrogen and oxygen atoms in total. The highest BCUT2D eigenvalue weighted by atomic mass is 35.5. The van der Waals surface area contributed by atoms with Gasteiger partial charge < -0.3 is 19.8 Å². The second-order valence-electron chi connectivity index (χ2n) is 12.4. The summed E-state index contributed by atoms with van der Waals surface area (Å²) in [6.45, 7) is 6.69. The second-order valence-corrected chi connectivity index (χ2v) is 12.8. The molecule has 1 atom stereocenters. The van der Waals surface area contributed by atoms with Crippen molar-refractivity contribution < 1.29 is 19.1 Å². The molecule has 0 aliphatic carbocycles. The summed E-state index contributed by atoms with van der Waals surface area (Å²) in [5, 5.41) is 7.55. The zero-order chi connectivity index (χ0) is 32.9. The Bertz CT molecular complexity index is 1360. The van der Waals surface area contributed by atoms with E-state index in [0.29, 0.717) is 16.5 Å². The van der Waals surface area contributed by atoms with E-state index in [1.807, 2.05) is 64.7 Å². The summed E-state index contributed by atoms with van der Waals surface area (Å²) in [4.78, 5) is 35.2. The van der Waals surface area contributed by atoms with Gasteiger partial charge in [0, 0.05) is 77.3 Å². The third kappa shape index (κ3) is 9.76. The first-order valence-electron chi connectivity index (χ1n) is 16.4. The lowest BCUT2D eigenvalue weighted by molar-refractivity contribution is -0.130. The van der Waals surface area contributed by atoms with Crippen molar-refractivity contribution in [3.05, 3.63) is 94.8 Å². The molecule has 1 unspecified atom stereocenters. The number of aromatic nitrogens is 1. The van der Waals surface area contributed by atoms with E-state index in [1.54, 1.807) is 19.1 Å². The number of likely N-dealkylation sites (tertiary alicyclic amines) is 2. The van der Waals surface area contributed by atoms with Crippen LogP contribution >= 0.6 is 11.6 Å². The molecule has 0 spiro atoms. The minimum absolute atomic E-state index is 0.0256. The first-order chi connectivity index (χ1) is 22.4. The van der Waals surface area contributed by atoms with Gasteiger partial charge in [0.2, 0.25) is 5.91 Å². The highest BCUT2D eigenvalue weighted by Gasteiger charge is 2.30. The Morgan fingerprint density at radius 2 is 1.46 bits per heavy atom. The Kier molecular flexibility index (Phi) is 13.8. The number of aliphatic hydroxyl groups excluding tert-OH is 1. The van der Waals surface area contributed by atoms with Crippen molar-refractivity contribution in [1.82, 2.24) is 14.8 Å². The number of aliphatic hydroxyl groups is 1. The Hall–Kier alpha value is -3.49. The van der Waals surface area contributed by atoms with Crippen LogP contribution in [-0.2, 0) is 11.5 Å². The lowest BCUT2D eigenvalue weighted by Crippen LogP contribution is -2.38. The van der Waals surface area contributed by atoms with Crippen LogP contribution in [0.3, 0.4) is 0 Å². The molecule has 9 heteroatoms. The normalized spacial score (nSPS) is 18.7. The minimum atomic E-state index is -0.360. The summed E-state index contributed by atoms with van der Waals surface area (Å²) in [5.41, 5.74) is 3.70. The molecule has 0 radical (unpaired) electrons. The maximum absolute atomic E-state index is 13.2. The van der Waals surface area contributed by atoms with Gasteiger partial charge in [0.25, 0.3) is 5.91 Å². The molecule has 248 valence electrons. The number of alkyl halides is 1. The lowest BCUT2D eigenvalue weighted by Gasteiger charge is -2.37. The maximum atomic E-state index is 13.2. The smallest absolute Gasteiger partial charge is 0.255 e. The molecule has 0 saturated carbocycles. The summed E-state index contributed by atoms with van der Waals surface area (Å²) in [5.74, 6) is 2.11. The van der Waals surface area contributed by atoms with Crippen molar-refractivity contribution >= 4 is 29.1 Å². The number of carbonyl (C=O) groups is 2.